The molecule has 1 aromatic heterocycles. The van der Waals surface area contributed by atoms with Crippen LogP contribution in [0.25, 0.3) is 0 Å². The number of hydrogen-bond acceptors (Lipinski definition) is 5. The Kier molecular flexibility index (Phi) is 7.28. The normalized spacial score (nSPS) is 11.4. The van der Waals surface area contributed by atoms with E-state index in [9.17, 15) is 4.79 Å². The molecule has 6 nitrogen and oxygen atoms in total. The highest BCUT2D eigenvalue weighted by atomic mass is 16.2. The number of pyridine rings is 1. The number of hydrazine groups is 1. The minimum absolute atomic E-state index is 0.354. The van der Waals surface area contributed by atoms with E-state index in [4.69, 9.17) is 5.84 Å². The Morgan fingerprint density at radius 2 is 2.05 bits per heavy atom. The van der Waals surface area contributed by atoms with Crippen LogP contribution in [0.2, 0.25) is 0 Å². The number of nitrogens with zero attached hydrogens (tertiary/aromatic N) is 3. The summed E-state index contributed by atoms with van der Waals surface area (Å²) in [6.45, 7) is 8.11. The molecule has 0 atom stereocenters. The number of carbonyl (C=O) groups excluding carboxylic acids is 1. The molecule has 0 bridgehead atoms. The zero-order valence-electron chi connectivity index (χ0n) is 13.5. The van der Waals surface area contributed by atoms with E-state index in [0.717, 1.165) is 31.9 Å². The van der Waals surface area contributed by atoms with Crippen molar-refractivity contribution >= 4 is 5.91 Å². The molecule has 0 saturated heterocycles. The maximum Gasteiger partial charge on any atom is 0.283 e. The lowest BCUT2D eigenvalue weighted by molar-refractivity contribution is 0.0948. The minimum Gasteiger partial charge on any atom is -0.308 e. The molecule has 0 aliphatic heterocycles. The average Bonchev–Trinajstić information content (AvgIpc) is 2.43. The summed E-state index contributed by atoms with van der Waals surface area (Å²) in [5, 5.41) is 0. The number of nitrogens with one attached hydrogen (secondary N) is 1. The number of hydrogen-bond donors (Lipinski definition) is 2. The second-order valence-corrected chi connectivity index (χ2v) is 5.92. The molecule has 0 fully saturated rings. The van der Waals surface area contributed by atoms with Gasteiger partial charge in [0, 0.05) is 26.2 Å². The van der Waals surface area contributed by atoms with Gasteiger partial charge in [-0.25, -0.2) is 10.8 Å². The maximum absolute atomic E-state index is 11.5. The lowest BCUT2D eigenvalue weighted by Gasteiger charge is -2.25. The fourth-order valence-electron chi connectivity index (χ4n) is 2.09. The van der Waals surface area contributed by atoms with Gasteiger partial charge in [-0.15, -0.1) is 0 Å². The Morgan fingerprint density at radius 3 is 2.62 bits per heavy atom. The van der Waals surface area contributed by atoms with Crippen LogP contribution in [0.1, 0.15) is 30.0 Å². The number of rotatable bonds is 8. The summed E-state index contributed by atoms with van der Waals surface area (Å²) in [4.78, 5) is 20.4. The van der Waals surface area contributed by atoms with Gasteiger partial charge in [0.05, 0.1) is 5.69 Å². The first-order valence-corrected chi connectivity index (χ1v) is 7.26. The molecule has 1 heterocycles. The summed E-state index contributed by atoms with van der Waals surface area (Å²) in [7, 11) is 4.13. The molecule has 6 heteroatoms. The lowest BCUT2D eigenvalue weighted by Crippen LogP contribution is -2.34. The number of nitrogens with two attached hydrogens (primary N) is 1. The third-order valence-corrected chi connectivity index (χ3v) is 3.04. The van der Waals surface area contributed by atoms with E-state index in [1.54, 1.807) is 6.07 Å². The molecule has 0 aliphatic carbocycles. The van der Waals surface area contributed by atoms with E-state index in [1.807, 2.05) is 12.1 Å². The molecule has 0 radical (unpaired) electrons. The fourth-order valence-corrected chi connectivity index (χ4v) is 2.09. The summed E-state index contributed by atoms with van der Waals surface area (Å²) in [5.74, 6) is 5.37. The van der Waals surface area contributed by atoms with Gasteiger partial charge in [-0.3, -0.25) is 15.1 Å². The van der Waals surface area contributed by atoms with Crippen LogP contribution in [-0.4, -0.2) is 54.4 Å². The third-order valence-electron chi connectivity index (χ3n) is 3.04. The van der Waals surface area contributed by atoms with Gasteiger partial charge in [0.15, 0.2) is 0 Å². The lowest BCUT2D eigenvalue weighted by atomic mass is 10.2. The quantitative estimate of drug-likeness (QED) is 0.419. The van der Waals surface area contributed by atoms with Crippen molar-refractivity contribution in [3.63, 3.8) is 0 Å². The van der Waals surface area contributed by atoms with E-state index >= 15 is 0 Å². The van der Waals surface area contributed by atoms with Crippen molar-refractivity contribution in [2.24, 2.45) is 11.8 Å². The molecule has 3 N–H and O–H groups in total. The summed E-state index contributed by atoms with van der Waals surface area (Å²) >= 11 is 0. The van der Waals surface area contributed by atoms with Gasteiger partial charge in [0.25, 0.3) is 5.91 Å². The highest BCUT2D eigenvalue weighted by Gasteiger charge is 2.11. The van der Waals surface area contributed by atoms with Crippen LogP contribution in [0.5, 0.6) is 0 Å². The van der Waals surface area contributed by atoms with Crippen molar-refractivity contribution in [3.8, 4) is 0 Å². The Balaban J connectivity index is 2.74. The van der Waals surface area contributed by atoms with Crippen LogP contribution < -0.4 is 11.3 Å². The predicted octanol–water partition coefficient (Wildman–Crippen LogP) is 0.705. The third kappa shape index (κ3) is 6.66. The second-order valence-electron chi connectivity index (χ2n) is 5.92. The topological polar surface area (TPSA) is 74.5 Å². The monoisotopic (exact) mass is 293 g/mol. The van der Waals surface area contributed by atoms with E-state index in [1.165, 1.54) is 0 Å². The Hall–Kier alpha value is -1.50. The molecule has 0 aliphatic rings. The summed E-state index contributed by atoms with van der Waals surface area (Å²) in [5.41, 5.74) is 3.35. The first-order valence-electron chi connectivity index (χ1n) is 7.26. The molecule has 118 valence electrons. The first-order chi connectivity index (χ1) is 9.92. The van der Waals surface area contributed by atoms with Gasteiger partial charge in [-0.1, -0.05) is 19.9 Å². The Labute approximate surface area is 127 Å². The first kappa shape index (κ1) is 17.6. The van der Waals surface area contributed by atoms with Gasteiger partial charge >= 0.3 is 0 Å². The van der Waals surface area contributed by atoms with Crippen molar-refractivity contribution in [2.75, 3.05) is 33.7 Å². The van der Waals surface area contributed by atoms with Gasteiger partial charge in [-0.2, -0.15) is 0 Å². The number of nitrogen functional groups attached to an aromatic ring is 1. The van der Waals surface area contributed by atoms with Crippen molar-refractivity contribution < 1.29 is 4.79 Å². The number of likely N-dealkylation sites (N-methyl/N-ethyl adjacent to an activating group) is 1. The SMILES string of the molecule is CC(C)CN(CCN(C)C)Cc1cccc(C(=O)NN)n1. The summed E-state index contributed by atoms with van der Waals surface area (Å²) < 4.78 is 0. The van der Waals surface area contributed by atoms with Gasteiger partial charge in [0.1, 0.15) is 5.69 Å². The van der Waals surface area contributed by atoms with Crippen molar-refractivity contribution in [1.29, 1.82) is 0 Å². The fraction of sp³-hybridized carbons (Fsp3) is 0.600. The van der Waals surface area contributed by atoms with Crippen LogP contribution >= 0.6 is 0 Å². The Bertz CT molecular complexity index is 447. The zero-order valence-corrected chi connectivity index (χ0v) is 13.5. The molecule has 21 heavy (non-hydrogen) atoms. The molecule has 1 amide bonds. The maximum atomic E-state index is 11.5. The van der Waals surface area contributed by atoms with Crippen molar-refractivity contribution in [3.05, 3.63) is 29.6 Å². The highest BCUT2D eigenvalue weighted by Crippen LogP contribution is 2.07. The molecule has 1 aromatic rings. The second kappa shape index (κ2) is 8.71. The molecular weight excluding hydrogens is 266 g/mol. The smallest absolute Gasteiger partial charge is 0.283 e. The molecule has 0 spiro atoms. The van der Waals surface area contributed by atoms with Gasteiger partial charge in [-0.05, 0) is 32.1 Å². The Morgan fingerprint density at radius 1 is 1.33 bits per heavy atom. The molecule has 0 unspecified atom stereocenters. The zero-order chi connectivity index (χ0) is 15.8. The summed E-state index contributed by atoms with van der Waals surface area (Å²) in [6, 6.07) is 5.45. The van der Waals surface area contributed by atoms with Crippen LogP contribution in [0.15, 0.2) is 18.2 Å². The predicted molar refractivity (Wildman–Crippen MR) is 84.6 cm³/mol. The minimum atomic E-state index is -0.361. The summed E-state index contributed by atoms with van der Waals surface area (Å²) in [6.07, 6.45) is 0. The van der Waals surface area contributed by atoms with Crippen LogP contribution in [0.3, 0.4) is 0 Å². The molecule has 0 saturated carbocycles. The van der Waals surface area contributed by atoms with Gasteiger partial charge in [0.2, 0.25) is 0 Å². The van der Waals surface area contributed by atoms with Crippen LogP contribution in [-0.2, 0) is 6.54 Å². The molecular formula is C15H27N5O. The largest absolute Gasteiger partial charge is 0.308 e. The van der Waals surface area contributed by atoms with Gasteiger partial charge < -0.3 is 4.90 Å². The average molecular weight is 293 g/mol. The standard InChI is InChI=1S/C15H27N5O/c1-12(2)10-20(9-8-19(3)4)11-13-6-5-7-14(17-13)15(21)18-16/h5-7,12H,8-11,16H2,1-4H3,(H,18,21). The van der Waals surface area contributed by atoms with Crippen molar-refractivity contribution in [2.45, 2.75) is 20.4 Å². The van der Waals surface area contributed by atoms with E-state index in [-0.39, 0.29) is 5.91 Å². The number of amides is 1. The van der Waals surface area contributed by atoms with E-state index in [2.05, 4.69) is 48.2 Å². The van der Waals surface area contributed by atoms with E-state index < -0.39 is 0 Å². The van der Waals surface area contributed by atoms with Crippen LogP contribution in [0, 0.1) is 5.92 Å². The molecule has 0 aromatic carbocycles. The number of carbonyl (C=O) groups is 1. The van der Waals surface area contributed by atoms with E-state index in [0.29, 0.717) is 11.6 Å². The highest BCUT2D eigenvalue weighted by molar-refractivity contribution is 5.91. The molecule has 1 rings (SSSR count). The van der Waals surface area contributed by atoms with Crippen molar-refractivity contribution in [1.82, 2.24) is 20.2 Å². The van der Waals surface area contributed by atoms with Crippen LogP contribution in [0.4, 0.5) is 0 Å². The number of aromatic nitrogens is 1.